The first-order valence-electron chi connectivity index (χ1n) is 9.20. The minimum atomic E-state index is -1.21. The third-order valence-electron chi connectivity index (χ3n) is 4.63. The number of carbonyl (C=O) groups is 3. The fourth-order valence-corrected chi connectivity index (χ4v) is 4.84. The van der Waals surface area contributed by atoms with Crippen molar-refractivity contribution in [2.45, 2.75) is 18.0 Å². The van der Waals surface area contributed by atoms with E-state index in [1.165, 1.54) is 47.5 Å². The number of aliphatic carboxylic acids is 1. The van der Waals surface area contributed by atoms with Crippen molar-refractivity contribution in [2.24, 2.45) is 5.16 Å². The van der Waals surface area contributed by atoms with E-state index in [1.807, 2.05) is 0 Å². The van der Waals surface area contributed by atoms with Gasteiger partial charge >= 0.3 is 5.97 Å². The van der Waals surface area contributed by atoms with Crippen LogP contribution in [0.5, 0.6) is 0 Å². The minimum absolute atomic E-state index is 0.0297. The summed E-state index contributed by atoms with van der Waals surface area (Å²) in [7, 11) is 0. The lowest BCUT2D eigenvalue weighted by molar-refractivity contribution is -0.150. The van der Waals surface area contributed by atoms with E-state index in [1.54, 1.807) is 0 Å². The summed E-state index contributed by atoms with van der Waals surface area (Å²) in [4.78, 5) is 47.2. The van der Waals surface area contributed by atoms with Crippen molar-refractivity contribution >= 4 is 51.7 Å². The molecule has 1 aromatic heterocycles. The van der Waals surface area contributed by atoms with Gasteiger partial charge in [-0.1, -0.05) is 17.3 Å². The quantitative estimate of drug-likeness (QED) is 0.306. The van der Waals surface area contributed by atoms with E-state index in [2.05, 4.69) is 15.5 Å². The summed E-state index contributed by atoms with van der Waals surface area (Å²) in [5.74, 6) is -2.46. The fourth-order valence-electron chi connectivity index (χ4n) is 3.10. The van der Waals surface area contributed by atoms with Crippen molar-refractivity contribution in [3.63, 3.8) is 0 Å². The number of β-lactam (4-membered cyclic amide) rings is 1. The molecule has 2 atom stereocenters. The van der Waals surface area contributed by atoms with Crippen molar-refractivity contribution in [2.75, 3.05) is 11.5 Å². The molecule has 1 aromatic carbocycles. The summed E-state index contributed by atoms with van der Waals surface area (Å²) in [6.45, 7) is -0.0297. The third-order valence-corrected chi connectivity index (χ3v) is 6.49. The zero-order chi connectivity index (χ0) is 22.8. The first-order chi connectivity index (χ1) is 15.3. The van der Waals surface area contributed by atoms with Gasteiger partial charge in [0.15, 0.2) is 10.8 Å². The lowest BCUT2D eigenvalue weighted by atomic mass is 10.0. The van der Waals surface area contributed by atoms with Gasteiger partial charge < -0.3 is 21.0 Å². The number of halogens is 1. The highest BCUT2D eigenvalue weighted by Gasteiger charge is 2.53. The number of hydrogen-bond acceptors (Lipinski definition) is 9. The Morgan fingerprint density at radius 3 is 2.78 bits per heavy atom. The van der Waals surface area contributed by atoms with Gasteiger partial charge in [-0.15, -0.1) is 23.1 Å². The molecule has 1 saturated heterocycles. The lowest BCUT2D eigenvalue weighted by Crippen LogP contribution is -2.70. The van der Waals surface area contributed by atoms with Crippen molar-refractivity contribution in [3.05, 3.63) is 58.5 Å². The van der Waals surface area contributed by atoms with Gasteiger partial charge in [0.1, 0.15) is 35.2 Å². The Hall–Kier alpha value is -3.45. The van der Waals surface area contributed by atoms with Gasteiger partial charge in [0.05, 0.1) is 0 Å². The Bertz CT molecular complexity index is 1130. The molecule has 1 fully saturated rings. The Labute approximate surface area is 188 Å². The molecule has 1 unspecified atom stereocenters. The first kappa shape index (κ1) is 21.8. The van der Waals surface area contributed by atoms with Gasteiger partial charge in [0.2, 0.25) is 0 Å². The molecule has 0 radical (unpaired) electrons. The maximum atomic E-state index is 13.0. The first-order valence-corrected chi connectivity index (χ1v) is 11.1. The Morgan fingerprint density at radius 1 is 1.38 bits per heavy atom. The average Bonchev–Trinajstić information content (AvgIpc) is 3.21. The van der Waals surface area contributed by atoms with Crippen LogP contribution in [0.3, 0.4) is 0 Å². The van der Waals surface area contributed by atoms with Crippen LogP contribution in [0.15, 0.2) is 46.6 Å². The summed E-state index contributed by atoms with van der Waals surface area (Å²) in [5, 5.41) is 16.9. The van der Waals surface area contributed by atoms with E-state index in [-0.39, 0.29) is 28.8 Å². The number of amides is 2. The van der Waals surface area contributed by atoms with Crippen LogP contribution in [0.4, 0.5) is 9.52 Å². The molecule has 4 N–H and O–H groups in total. The van der Waals surface area contributed by atoms with Gasteiger partial charge in [0.25, 0.3) is 11.8 Å². The molecular formula is C19H16FN5O5S2. The molecule has 166 valence electrons. The molecule has 10 nitrogen and oxygen atoms in total. The smallest absolute Gasteiger partial charge is 0.352 e. The van der Waals surface area contributed by atoms with Gasteiger partial charge in [0, 0.05) is 11.1 Å². The zero-order valence-corrected chi connectivity index (χ0v) is 17.9. The number of carboxylic acid groups (broad SMARTS) is 1. The predicted molar refractivity (Wildman–Crippen MR) is 115 cm³/mol. The highest BCUT2D eigenvalue weighted by molar-refractivity contribution is 8.00. The lowest BCUT2D eigenvalue weighted by Gasteiger charge is -2.48. The number of aromatic nitrogens is 1. The maximum absolute atomic E-state index is 13.0. The SMILES string of the molecule is Nc1nc(C(=NOCc2ccc(F)cc2)C(=O)NC2C(=O)N3C(C(=O)O)=CCS[C@@H]23)cs1. The zero-order valence-electron chi connectivity index (χ0n) is 16.2. The number of anilines is 1. The second kappa shape index (κ2) is 8.96. The highest BCUT2D eigenvalue weighted by atomic mass is 32.2. The van der Waals surface area contributed by atoms with Gasteiger partial charge in [-0.2, -0.15) is 0 Å². The van der Waals surface area contributed by atoms with Crippen molar-refractivity contribution in [3.8, 4) is 0 Å². The van der Waals surface area contributed by atoms with E-state index >= 15 is 0 Å². The van der Waals surface area contributed by atoms with Crippen LogP contribution in [0.1, 0.15) is 11.3 Å². The number of nitrogen functional groups attached to an aromatic ring is 1. The summed E-state index contributed by atoms with van der Waals surface area (Å²) in [5.41, 5.74) is 6.15. The number of oxime groups is 1. The van der Waals surface area contributed by atoms with Crippen molar-refractivity contribution < 1.29 is 28.7 Å². The largest absolute Gasteiger partial charge is 0.477 e. The Kier molecular flexibility index (Phi) is 6.10. The van der Waals surface area contributed by atoms with Crippen molar-refractivity contribution in [1.29, 1.82) is 0 Å². The molecule has 13 heteroatoms. The molecule has 4 rings (SSSR count). The monoisotopic (exact) mass is 477 g/mol. The van der Waals surface area contributed by atoms with Crippen LogP contribution in [0.25, 0.3) is 0 Å². The Morgan fingerprint density at radius 2 is 2.12 bits per heavy atom. The third kappa shape index (κ3) is 4.29. The summed E-state index contributed by atoms with van der Waals surface area (Å²) < 4.78 is 13.0. The summed E-state index contributed by atoms with van der Waals surface area (Å²) in [6.07, 6.45) is 1.45. The van der Waals surface area contributed by atoms with Crippen molar-refractivity contribution in [1.82, 2.24) is 15.2 Å². The molecule has 3 heterocycles. The molecule has 0 spiro atoms. The fraction of sp³-hybridized carbons (Fsp3) is 0.211. The molecular weight excluding hydrogens is 461 g/mol. The number of carbonyl (C=O) groups excluding carboxylic acids is 2. The van der Waals surface area contributed by atoms with Crippen LogP contribution < -0.4 is 11.1 Å². The number of fused-ring (bicyclic) bond motifs is 1. The number of nitrogens with two attached hydrogens (primary N) is 1. The number of hydrogen-bond donors (Lipinski definition) is 3. The van der Waals surface area contributed by atoms with E-state index in [0.717, 1.165) is 16.2 Å². The molecule has 0 saturated carbocycles. The molecule has 32 heavy (non-hydrogen) atoms. The highest BCUT2D eigenvalue weighted by Crippen LogP contribution is 2.37. The number of thioether (sulfide) groups is 1. The number of carboxylic acids is 1. The van der Waals surface area contributed by atoms with E-state index < -0.39 is 35.0 Å². The number of benzene rings is 1. The van der Waals surface area contributed by atoms with Crippen LogP contribution in [0.2, 0.25) is 0 Å². The average molecular weight is 477 g/mol. The second-order valence-corrected chi connectivity index (χ2v) is 8.73. The molecule has 0 aliphatic carbocycles. The van der Waals surface area contributed by atoms with Crippen LogP contribution >= 0.6 is 23.1 Å². The topological polar surface area (TPSA) is 147 Å². The molecule has 2 amide bonds. The van der Waals surface area contributed by atoms with Crippen LogP contribution in [-0.2, 0) is 25.8 Å². The van der Waals surface area contributed by atoms with Gasteiger partial charge in [-0.05, 0) is 23.8 Å². The molecule has 0 bridgehead atoms. The van der Waals surface area contributed by atoms with E-state index in [9.17, 15) is 23.9 Å². The molecule has 2 aliphatic heterocycles. The summed E-state index contributed by atoms with van der Waals surface area (Å²) in [6, 6.07) is 4.65. The standard InChI is InChI=1S/C19H16FN5O5S2/c20-10-3-1-9(2-4-10)7-30-24-13(11-8-32-19(21)22-11)15(26)23-14-16(27)25-12(18(28)29)5-6-31-17(14)25/h1-5,8,14,17H,6-7H2,(H2,21,22)(H,23,26)(H,28,29)/t14?,17-/m0/s1. The van der Waals surface area contributed by atoms with Crippen LogP contribution in [-0.4, -0.2) is 55.7 Å². The normalized spacial score (nSPS) is 20.2. The Balaban J connectivity index is 1.48. The van der Waals surface area contributed by atoms with E-state index in [4.69, 9.17) is 10.6 Å². The van der Waals surface area contributed by atoms with Gasteiger partial charge in [-0.3, -0.25) is 14.5 Å². The molecule has 2 aromatic rings. The second-order valence-electron chi connectivity index (χ2n) is 6.69. The number of rotatable bonds is 7. The minimum Gasteiger partial charge on any atom is -0.477 e. The number of nitrogens with one attached hydrogen (secondary N) is 1. The number of thiazole rings is 1. The van der Waals surface area contributed by atoms with Gasteiger partial charge in [-0.25, -0.2) is 14.2 Å². The summed E-state index contributed by atoms with van der Waals surface area (Å²) >= 11 is 2.43. The molecule has 2 aliphatic rings. The predicted octanol–water partition coefficient (Wildman–Crippen LogP) is 1.15. The van der Waals surface area contributed by atoms with Crippen LogP contribution in [0, 0.1) is 5.82 Å². The number of nitrogens with zero attached hydrogens (tertiary/aromatic N) is 3. The maximum Gasteiger partial charge on any atom is 0.352 e. The van der Waals surface area contributed by atoms with E-state index in [0.29, 0.717) is 11.3 Å².